The maximum absolute atomic E-state index is 2.92. The first-order chi connectivity index (χ1) is 58.1. The Morgan fingerprint density at radius 1 is 0.339 bits per heavy atom. The number of nitrogens with zero attached hydrogens (tertiary/aromatic N) is 6. The second-order valence-electron chi connectivity index (χ2n) is 43.9. The Labute approximate surface area is 717 Å². The molecular weight excluding hydrogens is 1460 g/mol. The molecule has 6 atom stereocenters. The van der Waals surface area contributed by atoms with Crippen LogP contribution in [0.25, 0.3) is 82.5 Å². The summed E-state index contributed by atoms with van der Waals surface area (Å²) in [6, 6.07) is 85.2. The maximum atomic E-state index is 2.92. The summed E-state index contributed by atoms with van der Waals surface area (Å²) in [4.78, 5) is 8.51. The normalized spacial score (nSPS) is 23.5. The number of fused-ring (bicyclic) bond motifs is 28. The Balaban J connectivity index is 0.000000101. The van der Waals surface area contributed by atoms with Gasteiger partial charge in [0.2, 0.25) is 0 Å². The molecule has 0 bridgehead atoms. The van der Waals surface area contributed by atoms with Gasteiger partial charge in [-0.1, -0.05) is 299 Å². The van der Waals surface area contributed by atoms with Crippen LogP contribution in [0.3, 0.4) is 0 Å². The Kier molecular flexibility index (Phi) is 14.5. The summed E-state index contributed by atoms with van der Waals surface area (Å²) >= 11 is 0. The van der Waals surface area contributed by atoms with Crippen molar-refractivity contribution in [3.63, 3.8) is 0 Å². The van der Waals surface area contributed by atoms with E-state index in [2.05, 4.69) is 364 Å². The summed E-state index contributed by atoms with van der Waals surface area (Å²) in [6.45, 7) is 42.3. The van der Waals surface area contributed by atoms with Crippen LogP contribution in [0, 0.1) is 11.8 Å². The van der Waals surface area contributed by atoms with Gasteiger partial charge in [0.05, 0.1) is 27.6 Å². The average Bonchev–Trinajstić information content (AvgIpc) is 1.51. The zero-order chi connectivity index (χ0) is 82.6. The van der Waals surface area contributed by atoms with Gasteiger partial charge in [0, 0.05) is 122 Å². The molecule has 3 aromatic heterocycles. The fourth-order valence-electron chi connectivity index (χ4n) is 28.6. The van der Waals surface area contributed by atoms with E-state index in [1.54, 1.807) is 33.4 Å². The molecule has 6 nitrogen and oxygen atoms in total. The average molecular weight is 1580 g/mol. The fraction of sp³-hybridized carbons (Fsp3) is 0.357. The molecule has 12 heterocycles. The van der Waals surface area contributed by atoms with Crippen molar-refractivity contribution in [2.24, 2.45) is 11.8 Å². The lowest BCUT2D eigenvalue weighted by atomic mass is 9.33. The lowest BCUT2D eigenvalue weighted by Gasteiger charge is -2.57. The number of rotatable bonds is 2. The van der Waals surface area contributed by atoms with E-state index < -0.39 is 0 Å². The van der Waals surface area contributed by atoms with Crippen LogP contribution >= 0.6 is 0 Å². The van der Waals surface area contributed by atoms with E-state index in [9.17, 15) is 0 Å². The Morgan fingerprint density at radius 3 is 1.14 bits per heavy atom. The molecular formula is C112H113B3N6. The van der Waals surface area contributed by atoms with Crippen LogP contribution in [0.4, 0.5) is 34.1 Å². The van der Waals surface area contributed by atoms with E-state index in [1.165, 1.54) is 243 Å². The lowest BCUT2D eigenvalue weighted by molar-refractivity contribution is 0.0581. The Hall–Kier alpha value is -10.4. The molecule has 0 radical (unpaired) electrons. The molecule has 12 aliphatic rings. The molecule has 9 aliphatic heterocycles. The van der Waals surface area contributed by atoms with Gasteiger partial charge in [-0.3, -0.25) is 0 Å². The summed E-state index contributed by atoms with van der Waals surface area (Å²) < 4.78 is 7.74. The zero-order valence-electron chi connectivity index (χ0n) is 74.3. The molecule has 0 saturated heterocycles. The smallest absolute Gasteiger partial charge is 0.252 e. The molecule has 0 spiro atoms. The van der Waals surface area contributed by atoms with E-state index in [4.69, 9.17) is 0 Å². The van der Waals surface area contributed by atoms with Gasteiger partial charge in [0.15, 0.2) is 0 Å². The van der Waals surface area contributed by atoms with Gasteiger partial charge >= 0.3 is 0 Å². The third kappa shape index (κ3) is 8.81. The van der Waals surface area contributed by atoms with E-state index in [0.717, 1.165) is 11.8 Å². The first-order valence-corrected chi connectivity index (χ1v) is 46.5. The highest BCUT2D eigenvalue weighted by Gasteiger charge is 2.67. The van der Waals surface area contributed by atoms with Gasteiger partial charge in [0.25, 0.3) is 20.1 Å². The standard InChI is InChI=1S/C40H41BN2.C38H39BN2.C34H33BN2/c1-38(2,3)26-20-29-37-31(21-26)41-30-16-10-15-28-27-14-8-9-17-32(27)42(36(28)30)33-18-11-19-34(35(33)41)43(37)40(5)23-25-13-7-6-12-24(25)22-39(29,40)4;1-6-37-20-10-11-21-38(37,7-2)41-32-19-13-18-31-33(32)39(29-23-24(36(3,4)5)22-27(37)35(29)41)28-16-12-15-26-25-14-8-9-17-30(25)40(31)34(26)28;1-32(2,3)20-18-23-31-25(19-20)35-24-14-10-13-22-21-12-8-9-15-26(21)36(30(22)24)27-16-11-17-28(29(27)35)37(31)34(6,7)33(23,4)5/h8-11,14-21,24-25H,6-7,12-13,22-23H2,1-5H3;8-9,12-19,22-23H,6-7,10-11,20-21H2,1-5H3;8-19H,1-7H3. The summed E-state index contributed by atoms with van der Waals surface area (Å²) in [6.07, 6.45) is 15.9. The number of anilines is 6. The van der Waals surface area contributed by atoms with Gasteiger partial charge in [-0.05, 0) is 225 Å². The largest absolute Gasteiger partial charge is 0.336 e. The minimum absolute atomic E-state index is 0.00257. The molecule has 0 amide bonds. The second-order valence-corrected chi connectivity index (χ2v) is 43.9. The molecule has 6 unspecified atom stereocenters. The third-order valence-electron chi connectivity index (χ3n) is 35.1. The van der Waals surface area contributed by atoms with E-state index in [0.29, 0.717) is 0 Å². The molecule has 0 N–H and O–H groups in total. The number of hydrogen-bond donors (Lipinski definition) is 0. The van der Waals surface area contributed by atoms with Crippen LogP contribution in [0.5, 0.6) is 0 Å². The fourth-order valence-corrected chi connectivity index (χ4v) is 28.6. The van der Waals surface area contributed by atoms with Crippen molar-refractivity contribution in [3.05, 3.63) is 252 Å². The van der Waals surface area contributed by atoms with Gasteiger partial charge in [0.1, 0.15) is 0 Å². The molecule has 600 valence electrons. The van der Waals surface area contributed by atoms with Crippen molar-refractivity contribution in [2.75, 3.05) is 14.7 Å². The van der Waals surface area contributed by atoms with Gasteiger partial charge in [-0.2, -0.15) is 0 Å². The zero-order valence-corrected chi connectivity index (χ0v) is 74.3. The van der Waals surface area contributed by atoms with Gasteiger partial charge in [-0.15, -0.1) is 0 Å². The Morgan fingerprint density at radius 2 is 0.702 bits per heavy atom. The van der Waals surface area contributed by atoms with E-state index in [1.807, 2.05) is 0 Å². The van der Waals surface area contributed by atoms with Gasteiger partial charge < -0.3 is 28.4 Å². The Bertz CT molecular complexity index is 7160. The molecule has 3 aliphatic carbocycles. The number of benzene rings is 12. The maximum Gasteiger partial charge on any atom is 0.252 e. The summed E-state index contributed by atoms with van der Waals surface area (Å²) in [5, 5.41) is 8.17. The van der Waals surface area contributed by atoms with Crippen LogP contribution in [-0.2, 0) is 32.5 Å². The van der Waals surface area contributed by atoms with Crippen molar-refractivity contribution in [2.45, 2.75) is 244 Å². The first kappa shape index (κ1) is 73.4. The molecule has 3 saturated carbocycles. The van der Waals surface area contributed by atoms with Crippen LogP contribution in [-0.4, -0.2) is 50.5 Å². The highest BCUT2D eigenvalue weighted by atomic mass is 15.3. The number of hydrogen-bond acceptors (Lipinski definition) is 3. The van der Waals surface area contributed by atoms with Crippen LogP contribution in [0.15, 0.2) is 218 Å². The predicted molar refractivity (Wildman–Crippen MR) is 519 cm³/mol. The highest BCUT2D eigenvalue weighted by Crippen LogP contribution is 2.68. The van der Waals surface area contributed by atoms with E-state index in [-0.39, 0.29) is 69.2 Å². The van der Waals surface area contributed by atoms with Crippen molar-refractivity contribution < 1.29 is 0 Å². The van der Waals surface area contributed by atoms with Crippen LogP contribution in [0.2, 0.25) is 0 Å². The lowest BCUT2D eigenvalue weighted by Crippen LogP contribution is -2.65. The highest BCUT2D eigenvalue weighted by molar-refractivity contribution is 7.02. The monoisotopic (exact) mass is 1570 g/mol. The van der Waals surface area contributed by atoms with Crippen LogP contribution in [0.1, 0.15) is 228 Å². The minimum atomic E-state index is -0.0638. The molecule has 3 fully saturated rings. The van der Waals surface area contributed by atoms with Crippen LogP contribution < -0.4 is 63.9 Å². The van der Waals surface area contributed by atoms with Crippen molar-refractivity contribution >= 4 is 169 Å². The predicted octanol–water partition coefficient (Wildman–Crippen LogP) is 22.2. The summed E-state index contributed by atoms with van der Waals surface area (Å²) in [5.74, 6) is 1.71. The quantitative estimate of drug-likeness (QED) is 0.161. The van der Waals surface area contributed by atoms with Gasteiger partial charge in [-0.25, -0.2) is 0 Å². The summed E-state index contributed by atoms with van der Waals surface area (Å²) in [5.41, 5.74) is 44.4. The molecule has 27 rings (SSSR count). The first-order valence-electron chi connectivity index (χ1n) is 46.5. The SMILES string of the molecule is CC(C)(C)c1cc2c3c(c1)C(C)(C)C(C)(C)N3c1cccc3c1B2c1cccc2c4ccccc4n-3c12.CC(C)(C)c1cc2c3c(c1)C1(C)CC4CCCCC4CC1(C)N3c1cccc3c1B2c1cccc2c4ccccc4n-3c12.CCC12CCCCC1(CC)N1c3cccc4c3B(c3cc(C(C)(C)C)cc2c31)c1cccc2c3ccccc3n-4c12. The second kappa shape index (κ2) is 23.9. The summed E-state index contributed by atoms with van der Waals surface area (Å²) in [7, 11) is 0. The van der Waals surface area contributed by atoms with Crippen molar-refractivity contribution in [1.82, 2.24) is 13.7 Å². The van der Waals surface area contributed by atoms with Crippen molar-refractivity contribution in [3.8, 4) is 17.1 Å². The molecule has 15 aromatic rings. The molecule has 121 heavy (non-hydrogen) atoms. The third-order valence-corrected chi connectivity index (χ3v) is 35.1. The topological polar surface area (TPSA) is 24.5 Å². The molecule has 12 aromatic carbocycles. The van der Waals surface area contributed by atoms with Crippen molar-refractivity contribution in [1.29, 1.82) is 0 Å². The minimum Gasteiger partial charge on any atom is -0.336 e. The molecule has 9 heteroatoms. The number of aromatic nitrogens is 3. The number of para-hydroxylation sites is 6. The van der Waals surface area contributed by atoms with E-state index >= 15 is 0 Å².